The van der Waals surface area contributed by atoms with Crippen molar-refractivity contribution in [2.24, 2.45) is 17.6 Å². The molecule has 2 N–H and O–H groups in total. The minimum atomic E-state index is -0.258. The molecular weight excluding hydrogens is 394 g/mol. The first-order chi connectivity index (χ1) is 15.1. The van der Waals surface area contributed by atoms with Crippen molar-refractivity contribution in [1.82, 2.24) is 15.1 Å². The second-order valence-electron chi connectivity index (χ2n) is 8.26. The van der Waals surface area contributed by atoms with Gasteiger partial charge in [0.15, 0.2) is 5.82 Å². The Morgan fingerprint density at radius 1 is 1.00 bits per heavy atom. The number of amides is 2. The normalized spacial score (nSPS) is 19.8. The summed E-state index contributed by atoms with van der Waals surface area (Å²) in [5, 5.41) is 8.84. The molecule has 2 saturated heterocycles. The number of anilines is 1. The van der Waals surface area contributed by atoms with Crippen LogP contribution in [0.4, 0.5) is 5.82 Å². The molecule has 0 spiro atoms. The van der Waals surface area contributed by atoms with Gasteiger partial charge in [0.1, 0.15) is 5.75 Å². The molecule has 4 rings (SSSR count). The number of rotatable bonds is 5. The van der Waals surface area contributed by atoms with Gasteiger partial charge in [-0.25, -0.2) is 0 Å². The number of para-hydroxylation sites is 1. The molecule has 0 saturated carbocycles. The van der Waals surface area contributed by atoms with Crippen LogP contribution in [0.25, 0.3) is 11.3 Å². The van der Waals surface area contributed by atoms with E-state index in [1.54, 1.807) is 7.11 Å². The highest BCUT2D eigenvalue weighted by molar-refractivity contribution is 5.81. The number of primary amides is 1. The van der Waals surface area contributed by atoms with Crippen LogP contribution >= 0.6 is 0 Å². The molecule has 2 fully saturated rings. The molecule has 31 heavy (non-hydrogen) atoms. The van der Waals surface area contributed by atoms with E-state index in [4.69, 9.17) is 10.5 Å². The minimum absolute atomic E-state index is 0.0606. The highest BCUT2D eigenvalue weighted by Crippen LogP contribution is 2.29. The molecule has 164 valence electrons. The van der Waals surface area contributed by atoms with E-state index in [0.29, 0.717) is 32.5 Å². The van der Waals surface area contributed by atoms with Gasteiger partial charge in [0.25, 0.3) is 0 Å². The number of hydrogen-bond acceptors (Lipinski definition) is 6. The molecule has 2 amide bonds. The molecular formula is C23H29N5O3. The van der Waals surface area contributed by atoms with Gasteiger partial charge in [0, 0.05) is 37.7 Å². The van der Waals surface area contributed by atoms with Crippen LogP contribution in [0.2, 0.25) is 0 Å². The number of carbonyl (C=O) groups is 2. The van der Waals surface area contributed by atoms with Crippen LogP contribution in [-0.4, -0.2) is 60.2 Å². The maximum absolute atomic E-state index is 13.0. The number of methoxy groups -OCH3 is 1. The summed E-state index contributed by atoms with van der Waals surface area (Å²) in [7, 11) is 1.64. The third kappa shape index (κ3) is 4.62. The smallest absolute Gasteiger partial charge is 0.227 e. The van der Waals surface area contributed by atoms with Crippen molar-refractivity contribution in [2.45, 2.75) is 25.7 Å². The predicted molar refractivity (Wildman–Crippen MR) is 117 cm³/mol. The first kappa shape index (κ1) is 21.1. The number of piperidine rings is 2. The molecule has 1 atom stereocenters. The lowest BCUT2D eigenvalue weighted by molar-refractivity contribution is -0.138. The van der Waals surface area contributed by atoms with Crippen LogP contribution in [-0.2, 0) is 9.59 Å². The third-order valence-electron chi connectivity index (χ3n) is 6.34. The minimum Gasteiger partial charge on any atom is -0.496 e. The Morgan fingerprint density at radius 3 is 2.45 bits per heavy atom. The van der Waals surface area contributed by atoms with E-state index in [-0.39, 0.29) is 23.7 Å². The predicted octanol–water partition coefficient (Wildman–Crippen LogP) is 2.09. The molecule has 0 aliphatic carbocycles. The Morgan fingerprint density at radius 2 is 1.77 bits per heavy atom. The third-order valence-corrected chi connectivity index (χ3v) is 6.34. The number of nitrogens with zero attached hydrogens (tertiary/aromatic N) is 4. The topological polar surface area (TPSA) is 102 Å². The Balaban J connectivity index is 1.40. The Kier molecular flexibility index (Phi) is 6.34. The maximum atomic E-state index is 13.0. The number of likely N-dealkylation sites (tertiary alicyclic amines) is 1. The molecule has 3 heterocycles. The van der Waals surface area contributed by atoms with Crippen molar-refractivity contribution in [3.63, 3.8) is 0 Å². The number of nitrogens with two attached hydrogens (primary N) is 1. The Hall–Kier alpha value is -3.16. The highest BCUT2D eigenvalue weighted by Gasteiger charge is 2.33. The zero-order valence-electron chi connectivity index (χ0n) is 17.9. The van der Waals surface area contributed by atoms with Gasteiger partial charge in [-0.05, 0) is 49.9 Å². The van der Waals surface area contributed by atoms with Crippen molar-refractivity contribution in [2.75, 3.05) is 38.2 Å². The van der Waals surface area contributed by atoms with Crippen molar-refractivity contribution < 1.29 is 14.3 Å². The van der Waals surface area contributed by atoms with E-state index in [2.05, 4.69) is 15.1 Å². The van der Waals surface area contributed by atoms with Crippen molar-refractivity contribution in [1.29, 1.82) is 0 Å². The molecule has 1 unspecified atom stereocenters. The maximum Gasteiger partial charge on any atom is 0.227 e. The summed E-state index contributed by atoms with van der Waals surface area (Å²) >= 11 is 0. The molecule has 0 bridgehead atoms. The molecule has 2 aliphatic rings. The van der Waals surface area contributed by atoms with Crippen LogP contribution in [0, 0.1) is 11.8 Å². The summed E-state index contributed by atoms with van der Waals surface area (Å²) < 4.78 is 5.42. The number of benzene rings is 1. The van der Waals surface area contributed by atoms with Crippen LogP contribution < -0.4 is 15.4 Å². The van der Waals surface area contributed by atoms with Gasteiger partial charge in [-0.1, -0.05) is 12.1 Å². The van der Waals surface area contributed by atoms with E-state index < -0.39 is 0 Å². The van der Waals surface area contributed by atoms with E-state index >= 15 is 0 Å². The molecule has 0 radical (unpaired) electrons. The van der Waals surface area contributed by atoms with Crippen LogP contribution in [0.3, 0.4) is 0 Å². The van der Waals surface area contributed by atoms with E-state index in [0.717, 1.165) is 42.2 Å². The number of ether oxygens (including phenoxy) is 1. The second-order valence-corrected chi connectivity index (χ2v) is 8.26. The summed E-state index contributed by atoms with van der Waals surface area (Å²) in [4.78, 5) is 28.5. The molecule has 8 heteroatoms. The fraction of sp³-hybridized carbons (Fsp3) is 0.478. The van der Waals surface area contributed by atoms with Gasteiger partial charge < -0.3 is 20.3 Å². The quantitative estimate of drug-likeness (QED) is 0.790. The van der Waals surface area contributed by atoms with Crippen LogP contribution in [0.15, 0.2) is 36.4 Å². The van der Waals surface area contributed by atoms with Crippen LogP contribution in [0.5, 0.6) is 5.75 Å². The van der Waals surface area contributed by atoms with E-state index in [9.17, 15) is 9.59 Å². The van der Waals surface area contributed by atoms with Crippen molar-refractivity contribution >= 4 is 17.6 Å². The van der Waals surface area contributed by atoms with Gasteiger partial charge in [-0.3, -0.25) is 9.59 Å². The van der Waals surface area contributed by atoms with Gasteiger partial charge >= 0.3 is 0 Å². The lowest BCUT2D eigenvalue weighted by Crippen LogP contribution is -2.48. The van der Waals surface area contributed by atoms with Gasteiger partial charge in [-0.15, -0.1) is 10.2 Å². The van der Waals surface area contributed by atoms with Gasteiger partial charge in [0.05, 0.1) is 18.7 Å². The number of carbonyl (C=O) groups excluding carboxylic acids is 2. The summed E-state index contributed by atoms with van der Waals surface area (Å²) in [6.45, 7) is 2.71. The average molecular weight is 424 g/mol. The molecule has 2 aliphatic heterocycles. The molecule has 1 aromatic heterocycles. The monoisotopic (exact) mass is 423 g/mol. The lowest BCUT2D eigenvalue weighted by atomic mass is 9.92. The Bertz CT molecular complexity index is 925. The highest BCUT2D eigenvalue weighted by atomic mass is 16.5. The fourth-order valence-electron chi connectivity index (χ4n) is 4.52. The summed E-state index contributed by atoms with van der Waals surface area (Å²) in [6, 6.07) is 11.6. The van der Waals surface area contributed by atoms with Crippen molar-refractivity contribution in [3.05, 3.63) is 36.4 Å². The molecule has 1 aromatic carbocycles. The second kappa shape index (κ2) is 9.32. The number of aromatic nitrogens is 2. The van der Waals surface area contributed by atoms with Crippen molar-refractivity contribution in [3.8, 4) is 17.0 Å². The first-order valence-electron chi connectivity index (χ1n) is 10.9. The molecule has 8 nitrogen and oxygen atoms in total. The Labute approximate surface area is 182 Å². The standard InChI is InChI=1S/C23H29N5O3/c1-31-20-7-3-2-6-18(20)19-8-9-21(26-25-19)28-12-4-5-17(15-28)23(30)27-13-10-16(11-14-27)22(24)29/h2-3,6-9,16-17H,4-5,10-15H2,1H3,(H2,24,29). The molecule has 2 aromatic rings. The first-order valence-corrected chi connectivity index (χ1v) is 10.9. The lowest BCUT2D eigenvalue weighted by Gasteiger charge is -2.37. The number of hydrogen-bond donors (Lipinski definition) is 1. The van der Waals surface area contributed by atoms with Gasteiger partial charge in [0.2, 0.25) is 11.8 Å². The van der Waals surface area contributed by atoms with E-state index in [1.165, 1.54) is 0 Å². The SMILES string of the molecule is COc1ccccc1-c1ccc(N2CCCC(C(=O)N3CCC(C(N)=O)CC3)C2)nn1. The fourth-order valence-corrected chi connectivity index (χ4v) is 4.52. The zero-order valence-corrected chi connectivity index (χ0v) is 17.9. The average Bonchev–Trinajstić information content (AvgIpc) is 2.84. The largest absolute Gasteiger partial charge is 0.496 e. The van der Waals surface area contributed by atoms with Gasteiger partial charge in [-0.2, -0.15) is 0 Å². The van der Waals surface area contributed by atoms with Crippen LogP contribution in [0.1, 0.15) is 25.7 Å². The zero-order chi connectivity index (χ0) is 21.8. The summed E-state index contributed by atoms with van der Waals surface area (Å²) in [5.41, 5.74) is 7.06. The summed E-state index contributed by atoms with van der Waals surface area (Å²) in [5.74, 6) is 1.28. The van der Waals surface area contributed by atoms with E-state index in [1.807, 2.05) is 41.3 Å². The summed E-state index contributed by atoms with van der Waals surface area (Å²) in [6.07, 6.45) is 3.13.